The van der Waals surface area contributed by atoms with Crippen molar-refractivity contribution in [3.05, 3.63) is 59.3 Å². The van der Waals surface area contributed by atoms with Gasteiger partial charge in [0, 0.05) is 5.69 Å². The van der Waals surface area contributed by atoms with E-state index >= 15 is 0 Å². The highest BCUT2D eigenvalue weighted by Crippen LogP contribution is 2.30. The van der Waals surface area contributed by atoms with Crippen LogP contribution in [0.2, 0.25) is 0 Å². The molecular formula is C23H25N3O5. The number of aryl methyl sites for hydroxylation is 1. The molecule has 8 heteroatoms. The van der Waals surface area contributed by atoms with E-state index in [0.29, 0.717) is 22.7 Å². The number of carbonyl (C=O) groups excluding carboxylic acids is 3. The van der Waals surface area contributed by atoms with E-state index < -0.39 is 17.8 Å². The maximum atomic E-state index is 12.7. The van der Waals surface area contributed by atoms with Crippen LogP contribution in [0.25, 0.3) is 6.08 Å². The van der Waals surface area contributed by atoms with Crippen molar-refractivity contribution in [2.24, 2.45) is 0 Å². The van der Waals surface area contributed by atoms with Crippen molar-refractivity contribution in [2.45, 2.75) is 26.9 Å². The van der Waals surface area contributed by atoms with Gasteiger partial charge in [0.25, 0.3) is 5.91 Å². The summed E-state index contributed by atoms with van der Waals surface area (Å²) in [5.74, 6) is 0.0446. The summed E-state index contributed by atoms with van der Waals surface area (Å²) in [5.41, 5.74) is 2.30. The third-order valence-electron chi connectivity index (χ3n) is 4.43. The lowest BCUT2D eigenvalue weighted by atomic mass is 10.1. The summed E-state index contributed by atoms with van der Waals surface area (Å²) in [6.07, 6.45) is 1.51. The van der Waals surface area contributed by atoms with Crippen LogP contribution in [-0.2, 0) is 9.59 Å². The third-order valence-corrected chi connectivity index (χ3v) is 4.43. The Morgan fingerprint density at radius 1 is 1.16 bits per heavy atom. The average molecular weight is 423 g/mol. The molecule has 1 fully saturated rings. The second-order valence-corrected chi connectivity index (χ2v) is 7.37. The van der Waals surface area contributed by atoms with Gasteiger partial charge in [-0.25, -0.2) is 9.69 Å². The van der Waals surface area contributed by atoms with Gasteiger partial charge in [0.05, 0.1) is 13.2 Å². The smallest absolute Gasteiger partial charge is 0.329 e. The number of carbonyl (C=O) groups is 3. The van der Waals surface area contributed by atoms with E-state index in [2.05, 4.69) is 10.6 Å². The van der Waals surface area contributed by atoms with Crippen LogP contribution in [0.3, 0.4) is 0 Å². The number of urea groups is 1. The second kappa shape index (κ2) is 9.34. The highest BCUT2D eigenvalue weighted by atomic mass is 16.5. The summed E-state index contributed by atoms with van der Waals surface area (Å²) in [4.78, 5) is 38.1. The van der Waals surface area contributed by atoms with Crippen LogP contribution in [0.15, 0.2) is 48.2 Å². The fourth-order valence-corrected chi connectivity index (χ4v) is 3.07. The molecule has 2 N–H and O–H groups in total. The summed E-state index contributed by atoms with van der Waals surface area (Å²) in [6.45, 7) is 5.33. The highest BCUT2D eigenvalue weighted by Gasteiger charge is 2.35. The summed E-state index contributed by atoms with van der Waals surface area (Å²) in [5, 5.41) is 5.20. The molecular weight excluding hydrogens is 398 g/mol. The molecule has 0 bridgehead atoms. The Morgan fingerprint density at radius 2 is 1.94 bits per heavy atom. The van der Waals surface area contributed by atoms with Gasteiger partial charge in [0.2, 0.25) is 5.91 Å². The van der Waals surface area contributed by atoms with Crippen molar-refractivity contribution < 1.29 is 23.9 Å². The van der Waals surface area contributed by atoms with E-state index in [4.69, 9.17) is 9.47 Å². The van der Waals surface area contributed by atoms with Gasteiger partial charge in [0.1, 0.15) is 12.2 Å². The zero-order valence-corrected chi connectivity index (χ0v) is 17.9. The predicted molar refractivity (Wildman–Crippen MR) is 117 cm³/mol. The van der Waals surface area contributed by atoms with Crippen molar-refractivity contribution in [2.75, 3.05) is 19.0 Å². The van der Waals surface area contributed by atoms with Gasteiger partial charge < -0.3 is 20.1 Å². The number of anilines is 1. The normalized spacial score (nSPS) is 14.7. The predicted octanol–water partition coefficient (Wildman–Crippen LogP) is 3.32. The van der Waals surface area contributed by atoms with Gasteiger partial charge >= 0.3 is 6.03 Å². The van der Waals surface area contributed by atoms with Crippen molar-refractivity contribution in [3.63, 3.8) is 0 Å². The van der Waals surface area contributed by atoms with E-state index in [-0.39, 0.29) is 18.3 Å². The number of nitrogens with zero attached hydrogens (tertiary/aromatic N) is 1. The van der Waals surface area contributed by atoms with E-state index in [0.717, 1.165) is 10.5 Å². The molecule has 0 aliphatic carbocycles. The van der Waals surface area contributed by atoms with Crippen LogP contribution in [-0.4, -0.2) is 42.5 Å². The molecule has 31 heavy (non-hydrogen) atoms. The molecule has 0 aromatic heterocycles. The zero-order chi connectivity index (χ0) is 22.5. The molecule has 8 nitrogen and oxygen atoms in total. The number of hydrogen-bond acceptors (Lipinski definition) is 5. The first-order chi connectivity index (χ1) is 14.8. The van der Waals surface area contributed by atoms with Crippen LogP contribution in [0, 0.1) is 6.92 Å². The number of ether oxygens (including phenoxy) is 2. The lowest BCUT2D eigenvalue weighted by Gasteiger charge is -2.14. The second-order valence-electron chi connectivity index (χ2n) is 7.37. The summed E-state index contributed by atoms with van der Waals surface area (Å²) >= 11 is 0. The minimum Gasteiger partial charge on any atom is -0.493 e. The van der Waals surface area contributed by atoms with Crippen LogP contribution < -0.4 is 20.1 Å². The van der Waals surface area contributed by atoms with Gasteiger partial charge in [0.15, 0.2) is 11.5 Å². The first-order valence-electron chi connectivity index (χ1n) is 9.82. The lowest BCUT2D eigenvalue weighted by molar-refractivity contribution is -0.127. The molecule has 0 radical (unpaired) electrons. The Morgan fingerprint density at radius 3 is 2.61 bits per heavy atom. The van der Waals surface area contributed by atoms with E-state index in [1.54, 1.807) is 30.3 Å². The SMILES string of the molecule is COc1cc(/C=C2\NC(=O)N(CC(=O)Nc3cccc(C)c3)C2=O)ccc1OC(C)C. The number of methoxy groups -OCH3 is 1. The molecule has 4 amide bonds. The molecule has 0 unspecified atom stereocenters. The Balaban J connectivity index is 1.72. The zero-order valence-electron chi connectivity index (χ0n) is 17.9. The van der Waals surface area contributed by atoms with E-state index in [1.807, 2.05) is 32.9 Å². The molecule has 1 aliphatic heterocycles. The average Bonchev–Trinajstić information content (AvgIpc) is 2.96. The lowest BCUT2D eigenvalue weighted by Crippen LogP contribution is -2.38. The van der Waals surface area contributed by atoms with Gasteiger partial charge in [-0.3, -0.25) is 9.59 Å². The van der Waals surface area contributed by atoms with Gasteiger partial charge in [-0.05, 0) is 62.2 Å². The molecule has 0 spiro atoms. The minimum atomic E-state index is -0.651. The first kappa shape index (κ1) is 21.9. The Bertz CT molecular complexity index is 1050. The summed E-state index contributed by atoms with van der Waals surface area (Å²) < 4.78 is 11.0. The number of imide groups is 1. The van der Waals surface area contributed by atoms with E-state index in [1.165, 1.54) is 13.2 Å². The fraction of sp³-hybridized carbons (Fsp3) is 0.261. The largest absolute Gasteiger partial charge is 0.493 e. The van der Waals surface area contributed by atoms with Gasteiger partial charge in [-0.1, -0.05) is 18.2 Å². The maximum absolute atomic E-state index is 12.7. The molecule has 0 saturated carbocycles. The van der Waals surface area contributed by atoms with Crippen molar-refractivity contribution in [1.29, 1.82) is 0 Å². The number of hydrogen-bond donors (Lipinski definition) is 2. The molecule has 1 aliphatic rings. The summed E-state index contributed by atoms with van der Waals surface area (Å²) in [7, 11) is 1.52. The number of rotatable bonds is 7. The maximum Gasteiger partial charge on any atom is 0.329 e. The van der Waals surface area contributed by atoms with E-state index in [9.17, 15) is 14.4 Å². The number of amides is 4. The van der Waals surface area contributed by atoms with Crippen LogP contribution in [0.1, 0.15) is 25.0 Å². The van der Waals surface area contributed by atoms with Gasteiger partial charge in [-0.2, -0.15) is 0 Å². The van der Waals surface area contributed by atoms with Crippen molar-refractivity contribution >= 4 is 29.6 Å². The number of benzene rings is 2. The summed E-state index contributed by atoms with van der Waals surface area (Å²) in [6, 6.07) is 11.8. The third kappa shape index (κ3) is 5.42. The molecule has 2 aromatic carbocycles. The number of nitrogens with one attached hydrogen (secondary N) is 2. The molecule has 1 heterocycles. The quantitative estimate of drug-likeness (QED) is 0.526. The molecule has 3 rings (SSSR count). The molecule has 0 atom stereocenters. The molecule has 1 saturated heterocycles. The topological polar surface area (TPSA) is 97.0 Å². The Hall–Kier alpha value is -3.81. The first-order valence-corrected chi connectivity index (χ1v) is 9.82. The molecule has 162 valence electrons. The van der Waals surface area contributed by atoms with Crippen LogP contribution in [0.4, 0.5) is 10.5 Å². The molecule has 2 aromatic rings. The van der Waals surface area contributed by atoms with Crippen molar-refractivity contribution in [3.8, 4) is 11.5 Å². The minimum absolute atomic E-state index is 0.0201. The standard InChI is InChI=1S/C23H25N3O5/c1-14(2)31-19-9-8-16(12-20(19)30-4)11-18-22(28)26(23(29)25-18)13-21(27)24-17-7-5-6-15(3)10-17/h5-12,14H,13H2,1-4H3,(H,24,27)(H,25,29)/b18-11-. The van der Waals surface area contributed by atoms with Crippen molar-refractivity contribution in [1.82, 2.24) is 10.2 Å². The van der Waals surface area contributed by atoms with Crippen LogP contribution in [0.5, 0.6) is 11.5 Å². The fourth-order valence-electron chi connectivity index (χ4n) is 3.07. The van der Waals surface area contributed by atoms with Gasteiger partial charge in [-0.15, -0.1) is 0 Å². The monoisotopic (exact) mass is 423 g/mol. The Kier molecular flexibility index (Phi) is 6.59. The highest BCUT2D eigenvalue weighted by molar-refractivity contribution is 6.15. The Labute approximate surface area is 180 Å². The van der Waals surface area contributed by atoms with Crippen LogP contribution >= 0.6 is 0 Å².